The van der Waals surface area contributed by atoms with Crippen LogP contribution >= 0.6 is 0 Å². The first-order chi connectivity index (χ1) is 8.21. The molecule has 0 saturated carbocycles. The molecule has 0 aliphatic carbocycles. The van der Waals surface area contributed by atoms with Crippen LogP contribution in [0.15, 0.2) is 36.5 Å². The van der Waals surface area contributed by atoms with E-state index in [1.54, 1.807) is 6.08 Å². The van der Waals surface area contributed by atoms with E-state index in [1.807, 2.05) is 39.9 Å². The summed E-state index contributed by atoms with van der Waals surface area (Å²) in [5.74, 6) is -0.498. The van der Waals surface area contributed by atoms with Gasteiger partial charge in [-0.2, -0.15) is 0 Å². The molecule has 0 bridgehead atoms. The maximum atomic E-state index is 11.2. The summed E-state index contributed by atoms with van der Waals surface area (Å²) in [6.45, 7) is 16.9. The van der Waals surface area contributed by atoms with Gasteiger partial charge in [-0.15, -0.1) is 0 Å². The van der Waals surface area contributed by atoms with Crippen molar-refractivity contribution in [2.45, 2.75) is 41.0 Å². The molecule has 0 heterocycles. The number of amides is 2. The van der Waals surface area contributed by atoms with Crippen LogP contribution in [-0.2, 0) is 9.59 Å². The third-order valence-electron chi connectivity index (χ3n) is 1.59. The van der Waals surface area contributed by atoms with Gasteiger partial charge >= 0.3 is 0 Å². The topological polar surface area (TPSA) is 46.2 Å². The van der Waals surface area contributed by atoms with Gasteiger partial charge in [0.05, 0.1) is 6.41 Å². The summed E-state index contributed by atoms with van der Waals surface area (Å²) >= 11 is 0. The first kappa shape index (κ1) is 26.1. The zero-order chi connectivity index (χ0) is 14.3. The smallest absolute Gasteiger partial charge is 0.100 e. The van der Waals surface area contributed by atoms with Crippen molar-refractivity contribution < 1.29 is 40.7 Å². The summed E-state index contributed by atoms with van der Waals surface area (Å²) < 4.78 is 0. The Labute approximate surface area is 135 Å². The van der Waals surface area contributed by atoms with Crippen LogP contribution in [0.2, 0.25) is 0 Å². The van der Waals surface area contributed by atoms with Crippen molar-refractivity contribution in [3.05, 3.63) is 36.5 Å². The number of carbonyl (C=O) groups is 1. The number of rotatable bonds is 5. The van der Waals surface area contributed by atoms with Crippen LogP contribution in [-0.4, -0.2) is 12.3 Å². The normalized spacial score (nSPS) is 8.72. The van der Waals surface area contributed by atoms with Crippen molar-refractivity contribution in [3.8, 4) is 0 Å². The monoisotopic (exact) mass is 476 g/mol. The van der Waals surface area contributed by atoms with E-state index in [-0.39, 0.29) is 31.1 Å². The second-order valence-electron chi connectivity index (χ2n) is 2.26. The predicted molar refractivity (Wildman–Crippen MR) is 74.2 cm³/mol. The van der Waals surface area contributed by atoms with Crippen molar-refractivity contribution in [2.24, 2.45) is 0 Å². The van der Waals surface area contributed by atoms with Crippen molar-refractivity contribution in [1.82, 2.24) is 5.32 Å². The second-order valence-corrected chi connectivity index (χ2v) is 2.26. The fraction of sp³-hybridized carbons (Fsp3) is 0.429. The van der Waals surface area contributed by atoms with E-state index in [4.69, 9.17) is 0 Å². The van der Waals surface area contributed by atoms with Gasteiger partial charge in [-0.25, -0.2) is 0 Å². The zero-order valence-corrected chi connectivity index (χ0v) is 16.3. The molecule has 0 spiro atoms. The fourth-order valence-corrected chi connectivity index (χ4v) is 0.928. The van der Waals surface area contributed by atoms with Gasteiger partial charge in [-0.3, -0.25) is 0 Å². The summed E-state index contributed by atoms with van der Waals surface area (Å²) in [5, 5.41) is 1.92. The van der Waals surface area contributed by atoms with E-state index < -0.39 is 5.91 Å². The summed E-state index contributed by atoms with van der Waals surface area (Å²) in [6.07, 6.45) is 4.95. The molecule has 0 saturated heterocycles. The molecular weight excluding hydrogens is 452 g/mol. The molecule has 0 aromatic rings. The van der Waals surface area contributed by atoms with Crippen molar-refractivity contribution in [1.29, 1.82) is 0 Å². The van der Waals surface area contributed by atoms with Crippen LogP contribution in [0.3, 0.4) is 0 Å². The van der Waals surface area contributed by atoms with Crippen LogP contribution in [0.4, 0.5) is 0 Å². The number of carbonyl (C=O) groups excluding carboxylic acids is 2. The van der Waals surface area contributed by atoms with Crippen LogP contribution in [0.25, 0.3) is 0 Å². The van der Waals surface area contributed by atoms with Gasteiger partial charge in [0.2, 0.25) is 0 Å². The second kappa shape index (κ2) is 21.7. The van der Waals surface area contributed by atoms with Crippen molar-refractivity contribution in [2.75, 3.05) is 0 Å². The van der Waals surface area contributed by atoms with Gasteiger partial charge in [-0.05, 0) is 12.0 Å². The predicted octanol–water partition coefficient (Wildman–Crippen LogP) is 3.30. The molecule has 1 N–H and O–H groups in total. The van der Waals surface area contributed by atoms with Gasteiger partial charge < -0.3 is 14.9 Å². The van der Waals surface area contributed by atoms with Crippen LogP contribution < -0.4 is 5.32 Å². The number of allylic oxidation sites excluding steroid dienone is 2. The van der Waals surface area contributed by atoms with Crippen molar-refractivity contribution >= 4 is 12.3 Å². The van der Waals surface area contributed by atoms with E-state index in [1.165, 1.54) is 12.5 Å². The third-order valence-corrected chi connectivity index (χ3v) is 1.59. The summed E-state index contributed by atoms with van der Waals surface area (Å²) in [6, 6.07) is 0. The molecule has 0 aromatic carbocycles. The molecule has 0 atom stereocenters. The Bertz CT molecular complexity index is 271. The van der Waals surface area contributed by atoms with E-state index >= 15 is 0 Å². The Kier molecular flexibility index (Phi) is 31.4. The molecule has 2 amide bonds. The first-order valence-electron chi connectivity index (χ1n) is 5.86. The molecule has 0 aromatic heterocycles. The SMILES string of the molecule is C=C/C(CC)=C(\C=C)C(=O)N[C-]=O.CC.CC.[U]. The zero-order valence-electron chi connectivity index (χ0n) is 12.1. The fourth-order valence-electron chi connectivity index (χ4n) is 0.928. The number of nitrogens with one attached hydrogen (secondary N) is 1. The standard InChI is InChI=1S/C10H12NO2.2C2H6.U/c1-4-8(5-2)9(6-3)10(13)11-7-12;2*1-2;/h4,6H,1,3,5H2,2H3,(H,11,12,13);2*1-2H3;/q-1;;;/b9-8-;;;. The molecule has 3 nitrogen and oxygen atoms in total. The van der Waals surface area contributed by atoms with Gasteiger partial charge in [0, 0.05) is 31.1 Å². The van der Waals surface area contributed by atoms with Crippen molar-refractivity contribution in [3.63, 3.8) is 0 Å². The Hall–Kier alpha value is -0.588. The van der Waals surface area contributed by atoms with Crippen LogP contribution in [0.5, 0.6) is 0 Å². The van der Waals surface area contributed by atoms with Gasteiger partial charge in [-0.1, -0.05) is 65.5 Å². The quantitative estimate of drug-likeness (QED) is 0.287. The summed E-state index contributed by atoms with van der Waals surface area (Å²) in [7, 11) is 0. The average molecular weight is 476 g/mol. The molecule has 0 aliphatic rings. The van der Waals surface area contributed by atoms with Gasteiger partial charge in [0.15, 0.2) is 0 Å². The molecule has 4 heteroatoms. The number of hydrogen-bond acceptors (Lipinski definition) is 2. The number of imide groups is 1. The summed E-state index contributed by atoms with van der Waals surface area (Å²) in [4.78, 5) is 21.1. The molecule has 18 heavy (non-hydrogen) atoms. The Morgan fingerprint density at radius 2 is 1.61 bits per heavy atom. The first-order valence-corrected chi connectivity index (χ1v) is 5.86. The molecule has 0 rings (SSSR count). The molecule has 0 unspecified atom stereocenters. The molecule has 102 valence electrons. The van der Waals surface area contributed by atoms with E-state index in [2.05, 4.69) is 13.2 Å². The number of hydrogen-bond donors (Lipinski definition) is 1. The largest absolute Gasteiger partial charge is 0.458 e. The molecule has 0 radical (unpaired) electrons. The van der Waals surface area contributed by atoms with Gasteiger partial charge in [0.1, 0.15) is 5.91 Å². The summed E-state index contributed by atoms with van der Waals surface area (Å²) in [5.41, 5.74) is 1.11. The van der Waals surface area contributed by atoms with Crippen LogP contribution in [0, 0.1) is 31.1 Å². The van der Waals surface area contributed by atoms with E-state index in [0.29, 0.717) is 12.0 Å². The van der Waals surface area contributed by atoms with Crippen LogP contribution in [0.1, 0.15) is 41.0 Å². The minimum absolute atomic E-state index is 0. The molecule has 0 aliphatic heterocycles. The molecule has 0 fully saturated rings. The van der Waals surface area contributed by atoms with E-state index in [0.717, 1.165) is 5.57 Å². The molecular formula is C14H24NO2U-. The average Bonchev–Trinajstić information content (AvgIpc) is 2.40. The Balaban J connectivity index is -0.000000177. The Morgan fingerprint density at radius 3 is 1.83 bits per heavy atom. The maximum absolute atomic E-state index is 11.2. The minimum atomic E-state index is -0.498. The van der Waals surface area contributed by atoms with E-state index in [9.17, 15) is 9.59 Å². The maximum Gasteiger partial charge on any atom is 0.100 e. The third kappa shape index (κ3) is 11.9. The Morgan fingerprint density at radius 1 is 1.17 bits per heavy atom. The minimum Gasteiger partial charge on any atom is -0.458 e. The van der Waals surface area contributed by atoms with Gasteiger partial charge in [0.25, 0.3) is 0 Å².